The molecule has 0 aliphatic carbocycles. The zero-order chi connectivity index (χ0) is 18.6. The summed E-state index contributed by atoms with van der Waals surface area (Å²) in [5, 5.41) is 0. The topological polar surface area (TPSA) is 32.8 Å². The molecule has 0 bridgehead atoms. The van der Waals surface area contributed by atoms with Crippen molar-refractivity contribution in [3.8, 4) is 11.1 Å². The molecule has 1 amide bonds. The molecule has 0 N–H and O–H groups in total. The van der Waals surface area contributed by atoms with Crippen LogP contribution in [0.5, 0.6) is 0 Å². The Bertz CT molecular complexity index is 790. The van der Waals surface area contributed by atoms with E-state index in [1.54, 1.807) is 0 Å². The van der Waals surface area contributed by atoms with Crippen molar-refractivity contribution >= 4 is 5.91 Å². The van der Waals surface area contributed by atoms with Gasteiger partial charge < -0.3 is 9.64 Å². The summed E-state index contributed by atoms with van der Waals surface area (Å²) in [4.78, 5) is 17.8. The number of nitrogens with zero attached hydrogens (tertiary/aromatic N) is 2. The van der Waals surface area contributed by atoms with Crippen molar-refractivity contribution in [3.05, 3.63) is 59.7 Å². The van der Waals surface area contributed by atoms with Gasteiger partial charge in [-0.15, -0.1) is 0 Å². The second-order valence-electron chi connectivity index (χ2n) is 7.59. The maximum Gasteiger partial charge on any atom is 0.254 e. The fourth-order valence-corrected chi connectivity index (χ4v) is 4.28. The molecule has 4 rings (SSSR count). The van der Waals surface area contributed by atoms with Crippen molar-refractivity contribution in [1.82, 2.24) is 9.80 Å². The maximum absolute atomic E-state index is 13.3. The molecule has 0 unspecified atom stereocenters. The second-order valence-corrected chi connectivity index (χ2v) is 7.59. The summed E-state index contributed by atoms with van der Waals surface area (Å²) in [6, 6.07) is 17.0. The van der Waals surface area contributed by atoms with Gasteiger partial charge in [0.2, 0.25) is 0 Å². The molecule has 2 aliphatic rings. The number of carbonyl (C=O) groups is 1. The molecule has 0 spiro atoms. The Labute approximate surface area is 161 Å². The first kappa shape index (κ1) is 18.2. The van der Waals surface area contributed by atoms with E-state index in [9.17, 15) is 4.79 Å². The van der Waals surface area contributed by atoms with Crippen LogP contribution in [0.3, 0.4) is 0 Å². The van der Waals surface area contributed by atoms with Gasteiger partial charge in [0.05, 0.1) is 13.2 Å². The van der Waals surface area contributed by atoms with Gasteiger partial charge in [0.25, 0.3) is 5.91 Å². The third-order valence-corrected chi connectivity index (χ3v) is 5.80. The third kappa shape index (κ3) is 4.07. The molecule has 2 fully saturated rings. The summed E-state index contributed by atoms with van der Waals surface area (Å²) in [5.41, 5.74) is 4.16. The predicted octanol–water partition coefficient (Wildman–Crippen LogP) is 3.60. The number of amides is 1. The van der Waals surface area contributed by atoms with Crippen molar-refractivity contribution in [2.24, 2.45) is 0 Å². The third-order valence-electron chi connectivity index (χ3n) is 5.80. The Kier molecular flexibility index (Phi) is 5.55. The molecule has 4 nitrogen and oxygen atoms in total. The normalized spacial score (nSPS) is 19.2. The Morgan fingerprint density at radius 1 is 0.963 bits per heavy atom. The zero-order valence-corrected chi connectivity index (χ0v) is 16.1. The summed E-state index contributed by atoms with van der Waals surface area (Å²) in [5.74, 6) is 0.160. The smallest absolute Gasteiger partial charge is 0.254 e. The predicted molar refractivity (Wildman–Crippen MR) is 108 cm³/mol. The fourth-order valence-electron chi connectivity index (χ4n) is 4.28. The first-order valence-electron chi connectivity index (χ1n) is 9.99. The largest absolute Gasteiger partial charge is 0.379 e. The minimum atomic E-state index is 0.160. The quantitative estimate of drug-likeness (QED) is 0.834. The SMILES string of the molecule is Cc1cccc(-c2ccccc2C(=O)N2CCC(N3CCOCC3)CC2)c1. The first-order chi connectivity index (χ1) is 13.2. The van der Waals surface area contributed by atoms with Crippen LogP contribution in [-0.2, 0) is 4.74 Å². The highest BCUT2D eigenvalue weighted by Crippen LogP contribution is 2.27. The molecule has 2 aromatic carbocycles. The van der Waals surface area contributed by atoms with E-state index in [-0.39, 0.29) is 5.91 Å². The molecule has 0 saturated carbocycles. The summed E-state index contributed by atoms with van der Waals surface area (Å²) < 4.78 is 5.47. The van der Waals surface area contributed by atoms with Crippen molar-refractivity contribution in [1.29, 1.82) is 0 Å². The van der Waals surface area contributed by atoms with Crippen LogP contribution in [-0.4, -0.2) is 61.1 Å². The van der Waals surface area contributed by atoms with Crippen molar-refractivity contribution < 1.29 is 9.53 Å². The van der Waals surface area contributed by atoms with Gasteiger partial charge in [0.1, 0.15) is 0 Å². The molecular formula is C23H28N2O2. The monoisotopic (exact) mass is 364 g/mol. The number of hydrogen-bond acceptors (Lipinski definition) is 3. The van der Waals surface area contributed by atoms with Crippen LogP contribution in [0.15, 0.2) is 48.5 Å². The van der Waals surface area contributed by atoms with E-state index in [1.807, 2.05) is 23.1 Å². The highest BCUT2D eigenvalue weighted by molar-refractivity contribution is 6.01. The molecule has 27 heavy (non-hydrogen) atoms. The van der Waals surface area contributed by atoms with Gasteiger partial charge in [-0.3, -0.25) is 9.69 Å². The van der Waals surface area contributed by atoms with Gasteiger partial charge in [-0.05, 0) is 37.0 Å². The van der Waals surface area contributed by atoms with Gasteiger partial charge in [-0.25, -0.2) is 0 Å². The van der Waals surface area contributed by atoms with E-state index in [0.29, 0.717) is 6.04 Å². The minimum absolute atomic E-state index is 0.160. The second kappa shape index (κ2) is 8.24. The average Bonchev–Trinajstić information content (AvgIpc) is 2.74. The maximum atomic E-state index is 13.3. The van der Waals surface area contributed by atoms with E-state index < -0.39 is 0 Å². The average molecular weight is 364 g/mol. The van der Waals surface area contributed by atoms with Crippen LogP contribution < -0.4 is 0 Å². The first-order valence-corrected chi connectivity index (χ1v) is 9.99. The standard InChI is InChI=1S/C23H28N2O2/c1-18-5-4-6-19(17-18)21-7-2-3-8-22(21)23(26)25-11-9-20(10-12-25)24-13-15-27-16-14-24/h2-8,17,20H,9-16H2,1H3. The molecule has 4 heteroatoms. The van der Waals surface area contributed by atoms with Gasteiger partial charge >= 0.3 is 0 Å². The molecule has 2 heterocycles. The van der Waals surface area contributed by atoms with Gasteiger partial charge in [0.15, 0.2) is 0 Å². The van der Waals surface area contributed by atoms with Crippen LogP contribution in [0, 0.1) is 6.92 Å². The molecule has 142 valence electrons. The number of carbonyl (C=O) groups excluding carboxylic acids is 1. The number of hydrogen-bond donors (Lipinski definition) is 0. The number of benzene rings is 2. The molecule has 2 aliphatic heterocycles. The zero-order valence-electron chi connectivity index (χ0n) is 16.1. The molecule has 2 saturated heterocycles. The van der Waals surface area contributed by atoms with E-state index in [0.717, 1.165) is 68.9 Å². The highest BCUT2D eigenvalue weighted by atomic mass is 16.5. The summed E-state index contributed by atoms with van der Waals surface area (Å²) >= 11 is 0. The molecular weight excluding hydrogens is 336 g/mol. The lowest BCUT2D eigenvalue weighted by molar-refractivity contribution is 0.00160. The van der Waals surface area contributed by atoms with Crippen LogP contribution in [0.2, 0.25) is 0 Å². The van der Waals surface area contributed by atoms with Crippen LogP contribution >= 0.6 is 0 Å². The highest BCUT2D eigenvalue weighted by Gasteiger charge is 2.29. The van der Waals surface area contributed by atoms with E-state index in [4.69, 9.17) is 4.74 Å². The molecule has 0 radical (unpaired) electrons. The minimum Gasteiger partial charge on any atom is -0.379 e. The Hall–Kier alpha value is -2.17. The molecule has 2 aromatic rings. The summed E-state index contributed by atoms with van der Waals surface area (Å²) in [7, 11) is 0. The molecule has 0 atom stereocenters. The van der Waals surface area contributed by atoms with E-state index >= 15 is 0 Å². The van der Waals surface area contributed by atoms with Gasteiger partial charge in [-0.2, -0.15) is 0 Å². The lowest BCUT2D eigenvalue weighted by Crippen LogP contribution is -2.50. The van der Waals surface area contributed by atoms with Crippen molar-refractivity contribution in [2.45, 2.75) is 25.8 Å². The summed E-state index contributed by atoms with van der Waals surface area (Å²) in [6.45, 7) is 7.48. The number of ether oxygens (including phenoxy) is 1. The van der Waals surface area contributed by atoms with E-state index in [2.05, 4.69) is 42.2 Å². The Morgan fingerprint density at radius 3 is 2.44 bits per heavy atom. The van der Waals surface area contributed by atoms with Crippen molar-refractivity contribution in [2.75, 3.05) is 39.4 Å². The van der Waals surface area contributed by atoms with Crippen LogP contribution in [0.4, 0.5) is 0 Å². The number of rotatable bonds is 3. The number of morpholine rings is 1. The molecule has 0 aromatic heterocycles. The number of likely N-dealkylation sites (tertiary alicyclic amines) is 1. The number of aryl methyl sites for hydroxylation is 1. The van der Waals surface area contributed by atoms with Crippen molar-refractivity contribution in [3.63, 3.8) is 0 Å². The fraction of sp³-hybridized carbons (Fsp3) is 0.435. The summed E-state index contributed by atoms with van der Waals surface area (Å²) in [6.07, 6.45) is 2.11. The van der Waals surface area contributed by atoms with Gasteiger partial charge in [-0.1, -0.05) is 48.0 Å². The Balaban J connectivity index is 1.48. The number of piperidine rings is 1. The lowest BCUT2D eigenvalue weighted by atomic mass is 9.96. The Morgan fingerprint density at radius 2 is 1.70 bits per heavy atom. The van der Waals surface area contributed by atoms with Crippen LogP contribution in [0.25, 0.3) is 11.1 Å². The van der Waals surface area contributed by atoms with Gasteiger partial charge in [0, 0.05) is 37.8 Å². The van der Waals surface area contributed by atoms with E-state index in [1.165, 1.54) is 5.56 Å². The van der Waals surface area contributed by atoms with Crippen LogP contribution in [0.1, 0.15) is 28.8 Å². The lowest BCUT2D eigenvalue weighted by Gasteiger charge is -2.40.